The number of carbonyl (C=O) groups is 1. The molecule has 1 aliphatic heterocycles. The van der Waals surface area contributed by atoms with Crippen LogP contribution in [0.1, 0.15) is 53.6 Å². The van der Waals surface area contributed by atoms with Crippen LogP contribution >= 0.6 is 0 Å². The van der Waals surface area contributed by atoms with E-state index >= 15 is 0 Å². The lowest BCUT2D eigenvalue weighted by Crippen LogP contribution is -2.35. The molecule has 5 rings (SSSR count). The highest BCUT2D eigenvalue weighted by Gasteiger charge is 2.45. The number of nitrogens with two attached hydrogens (primary N) is 1. The molecular formula is C28H31N5O. The molecule has 1 aromatic heterocycles. The summed E-state index contributed by atoms with van der Waals surface area (Å²) < 4.78 is 0. The van der Waals surface area contributed by atoms with Crippen LogP contribution in [0.5, 0.6) is 0 Å². The summed E-state index contributed by atoms with van der Waals surface area (Å²) in [5.74, 6) is 0.448. The van der Waals surface area contributed by atoms with Crippen molar-refractivity contribution < 1.29 is 4.79 Å². The molecule has 0 atom stereocenters. The number of pyridine rings is 1. The second kappa shape index (κ2) is 8.98. The van der Waals surface area contributed by atoms with E-state index in [9.17, 15) is 10.1 Å². The minimum atomic E-state index is -0.410. The van der Waals surface area contributed by atoms with Gasteiger partial charge in [-0.1, -0.05) is 12.1 Å². The summed E-state index contributed by atoms with van der Waals surface area (Å²) in [6.07, 6.45) is 5.49. The summed E-state index contributed by atoms with van der Waals surface area (Å²) in [6.45, 7) is 5.07. The Hall–Kier alpha value is -3.59. The van der Waals surface area contributed by atoms with Crippen LogP contribution in [0.4, 0.5) is 11.5 Å². The maximum atomic E-state index is 13.6. The van der Waals surface area contributed by atoms with Crippen molar-refractivity contribution in [2.45, 2.75) is 45.6 Å². The average molecular weight is 454 g/mol. The number of amides is 1. The quantitative estimate of drug-likeness (QED) is 0.564. The summed E-state index contributed by atoms with van der Waals surface area (Å²) in [5.41, 5.74) is 10.1. The number of piperidine rings is 1. The summed E-state index contributed by atoms with van der Waals surface area (Å²) in [7, 11) is 0. The van der Waals surface area contributed by atoms with E-state index in [-0.39, 0.29) is 5.91 Å². The molecule has 3 aromatic rings. The van der Waals surface area contributed by atoms with Crippen molar-refractivity contribution in [1.82, 2.24) is 9.88 Å². The van der Waals surface area contributed by atoms with Crippen LogP contribution in [-0.4, -0.2) is 35.4 Å². The highest BCUT2D eigenvalue weighted by Crippen LogP contribution is 2.46. The lowest BCUT2D eigenvalue weighted by atomic mass is 10.0. The van der Waals surface area contributed by atoms with Crippen LogP contribution in [-0.2, 0) is 6.54 Å². The molecule has 1 aliphatic carbocycles. The number of hydrogen-bond acceptors (Lipinski definition) is 5. The molecule has 6 heteroatoms. The Kier molecular flexibility index (Phi) is 5.87. The first kappa shape index (κ1) is 22.2. The van der Waals surface area contributed by atoms with Crippen LogP contribution in [0, 0.1) is 23.7 Å². The number of aromatic nitrogens is 1. The van der Waals surface area contributed by atoms with E-state index in [0.29, 0.717) is 24.5 Å². The fourth-order valence-corrected chi connectivity index (χ4v) is 4.82. The lowest BCUT2D eigenvalue weighted by Gasteiger charge is -2.29. The third kappa shape index (κ3) is 4.56. The van der Waals surface area contributed by atoms with Crippen molar-refractivity contribution in [2.24, 2.45) is 5.41 Å². The zero-order valence-corrected chi connectivity index (χ0v) is 19.8. The van der Waals surface area contributed by atoms with Crippen molar-refractivity contribution in [2.75, 3.05) is 30.3 Å². The number of nitrogens with zero attached hydrogens (tertiary/aromatic N) is 4. The van der Waals surface area contributed by atoms with Crippen molar-refractivity contribution in [1.29, 1.82) is 5.26 Å². The number of aryl methyl sites for hydroxylation is 1. The molecule has 6 nitrogen and oxygen atoms in total. The molecule has 0 bridgehead atoms. The van der Waals surface area contributed by atoms with Crippen LogP contribution in [0.15, 0.2) is 48.5 Å². The van der Waals surface area contributed by atoms with Gasteiger partial charge in [0.2, 0.25) is 0 Å². The molecule has 2 aromatic carbocycles. The maximum Gasteiger partial charge on any atom is 0.254 e. The Labute approximate surface area is 201 Å². The monoisotopic (exact) mass is 453 g/mol. The number of benzene rings is 2. The van der Waals surface area contributed by atoms with Gasteiger partial charge in [-0.2, -0.15) is 5.26 Å². The average Bonchev–Trinajstić information content (AvgIpc) is 3.64. The van der Waals surface area contributed by atoms with Crippen molar-refractivity contribution >= 4 is 28.3 Å². The third-order valence-electron chi connectivity index (χ3n) is 7.19. The number of carbonyl (C=O) groups excluding carboxylic acids is 1. The van der Waals surface area contributed by atoms with Gasteiger partial charge in [0.1, 0.15) is 5.82 Å². The third-order valence-corrected chi connectivity index (χ3v) is 7.19. The summed E-state index contributed by atoms with van der Waals surface area (Å²) in [5, 5.41) is 10.6. The number of hydrogen-bond donors (Lipinski definition) is 1. The summed E-state index contributed by atoms with van der Waals surface area (Å²) >= 11 is 0. The van der Waals surface area contributed by atoms with E-state index in [4.69, 9.17) is 5.73 Å². The molecule has 2 aliphatic rings. The Morgan fingerprint density at radius 2 is 1.85 bits per heavy atom. The van der Waals surface area contributed by atoms with Gasteiger partial charge in [0.25, 0.3) is 5.91 Å². The highest BCUT2D eigenvalue weighted by atomic mass is 16.2. The fraction of sp³-hybridized carbons (Fsp3) is 0.393. The smallest absolute Gasteiger partial charge is 0.254 e. The van der Waals surface area contributed by atoms with E-state index < -0.39 is 5.41 Å². The first-order chi connectivity index (χ1) is 16.5. The predicted octanol–water partition coefficient (Wildman–Crippen LogP) is 5.06. The molecule has 0 spiro atoms. The first-order valence-corrected chi connectivity index (χ1v) is 12.2. The van der Waals surface area contributed by atoms with Gasteiger partial charge in [0.15, 0.2) is 0 Å². The van der Waals surface area contributed by atoms with Crippen LogP contribution < -0.4 is 10.6 Å². The molecular weight excluding hydrogens is 422 g/mol. The Bertz CT molecular complexity index is 1250. The molecule has 2 N–H and O–H groups in total. The molecule has 174 valence electrons. The second-order valence-corrected chi connectivity index (χ2v) is 9.87. The van der Waals surface area contributed by atoms with E-state index in [0.717, 1.165) is 48.0 Å². The van der Waals surface area contributed by atoms with Crippen molar-refractivity contribution in [3.8, 4) is 6.07 Å². The largest absolute Gasteiger partial charge is 0.383 e. The van der Waals surface area contributed by atoms with Crippen molar-refractivity contribution in [3.05, 3.63) is 65.2 Å². The first-order valence-electron chi connectivity index (χ1n) is 12.2. The Balaban J connectivity index is 1.39. The number of nitriles is 1. The molecule has 2 fully saturated rings. The number of fused-ring (bicyclic) bond motifs is 1. The highest BCUT2D eigenvalue weighted by molar-refractivity contribution is 5.98. The normalized spacial score (nSPS) is 16.8. The Morgan fingerprint density at radius 3 is 2.53 bits per heavy atom. The number of rotatable bonds is 6. The van der Waals surface area contributed by atoms with Gasteiger partial charge in [-0.05, 0) is 86.6 Å². The molecule has 1 amide bonds. The van der Waals surface area contributed by atoms with E-state index in [1.54, 1.807) is 0 Å². The minimum absolute atomic E-state index is 0.0574. The zero-order chi connectivity index (χ0) is 23.7. The Morgan fingerprint density at radius 1 is 1.12 bits per heavy atom. The van der Waals surface area contributed by atoms with Gasteiger partial charge in [-0.25, -0.2) is 4.98 Å². The van der Waals surface area contributed by atoms with E-state index in [1.807, 2.05) is 36.1 Å². The topological polar surface area (TPSA) is 86.2 Å². The van der Waals surface area contributed by atoms with Gasteiger partial charge < -0.3 is 15.5 Å². The van der Waals surface area contributed by atoms with Crippen LogP contribution in [0.3, 0.4) is 0 Å². The molecule has 1 saturated carbocycles. The lowest BCUT2D eigenvalue weighted by molar-refractivity contribution is 0.0720. The zero-order valence-electron chi connectivity index (χ0n) is 19.8. The van der Waals surface area contributed by atoms with Gasteiger partial charge in [-0.3, -0.25) is 4.79 Å². The second-order valence-electron chi connectivity index (χ2n) is 9.87. The molecule has 0 unspecified atom stereocenters. The van der Waals surface area contributed by atoms with Gasteiger partial charge in [0.05, 0.1) is 17.0 Å². The summed E-state index contributed by atoms with van der Waals surface area (Å²) in [6, 6.07) is 18.5. The van der Waals surface area contributed by atoms with Crippen molar-refractivity contribution in [3.63, 3.8) is 0 Å². The number of nitrogen functional groups attached to an aromatic ring is 1. The standard InChI is InChI=1S/C28H31N5O/c1-20-15-23-16-22(7-10-25(23)31-26(20)30)27(34)33(19-28(18-29)11-12-28)17-21-5-8-24(9-6-21)32-13-3-2-4-14-32/h5-10,15-16H,2-4,11-14,17,19H2,1H3,(H2,30,31). The SMILES string of the molecule is Cc1cc2cc(C(=O)N(Cc3ccc(N4CCCCC4)cc3)CC3(C#N)CC3)ccc2nc1N. The molecule has 0 radical (unpaired) electrons. The number of anilines is 2. The van der Waals surface area contributed by atoms with Gasteiger partial charge in [0, 0.05) is 42.8 Å². The predicted molar refractivity (Wildman–Crippen MR) is 135 cm³/mol. The maximum absolute atomic E-state index is 13.6. The molecule has 34 heavy (non-hydrogen) atoms. The van der Waals surface area contributed by atoms with Gasteiger partial charge >= 0.3 is 0 Å². The van der Waals surface area contributed by atoms with E-state index in [1.165, 1.54) is 24.9 Å². The molecule has 1 saturated heterocycles. The van der Waals surface area contributed by atoms with E-state index in [2.05, 4.69) is 40.2 Å². The van der Waals surface area contributed by atoms with Crippen LogP contribution in [0.25, 0.3) is 10.9 Å². The summed E-state index contributed by atoms with van der Waals surface area (Å²) in [4.78, 5) is 22.3. The fourth-order valence-electron chi connectivity index (χ4n) is 4.82. The molecule has 2 heterocycles. The van der Waals surface area contributed by atoms with Gasteiger partial charge in [-0.15, -0.1) is 0 Å². The van der Waals surface area contributed by atoms with Crippen LogP contribution in [0.2, 0.25) is 0 Å². The minimum Gasteiger partial charge on any atom is -0.383 e.